The van der Waals surface area contributed by atoms with Crippen molar-refractivity contribution in [3.63, 3.8) is 0 Å². The fourth-order valence-electron chi connectivity index (χ4n) is 1.22. The van der Waals surface area contributed by atoms with Crippen LogP contribution in [-0.4, -0.2) is 25.8 Å². The summed E-state index contributed by atoms with van der Waals surface area (Å²) in [5, 5.41) is 12.9. The largest absolute Gasteiger partial charge is 0.478 e. The molecule has 0 aliphatic heterocycles. The lowest BCUT2D eigenvalue weighted by atomic mass is 10.2. The van der Waals surface area contributed by atoms with Crippen molar-refractivity contribution < 1.29 is 9.90 Å². The predicted molar refractivity (Wildman–Crippen MR) is 53.4 cm³/mol. The molecular formula is C10H9N3O2. The van der Waals surface area contributed by atoms with Crippen LogP contribution in [0.1, 0.15) is 10.4 Å². The Morgan fingerprint density at radius 2 is 2.13 bits per heavy atom. The van der Waals surface area contributed by atoms with Gasteiger partial charge in [-0.15, -0.1) is 0 Å². The molecule has 0 aliphatic carbocycles. The van der Waals surface area contributed by atoms with Gasteiger partial charge in [0, 0.05) is 19.4 Å². The lowest BCUT2D eigenvalue weighted by molar-refractivity contribution is 0.0696. The Hall–Kier alpha value is -2.17. The van der Waals surface area contributed by atoms with Crippen molar-refractivity contribution in [2.45, 2.75) is 0 Å². The number of rotatable bonds is 2. The zero-order valence-corrected chi connectivity index (χ0v) is 8.08. The van der Waals surface area contributed by atoms with E-state index in [4.69, 9.17) is 5.11 Å². The summed E-state index contributed by atoms with van der Waals surface area (Å²) in [4.78, 5) is 14.6. The predicted octanol–water partition coefficient (Wildman–Crippen LogP) is 1.18. The second kappa shape index (κ2) is 3.53. The number of hydrogen-bond donors (Lipinski definition) is 1. The van der Waals surface area contributed by atoms with Crippen molar-refractivity contribution in [2.75, 3.05) is 0 Å². The molecule has 0 saturated carbocycles. The highest BCUT2D eigenvalue weighted by Gasteiger charge is 2.05. The number of aromatic nitrogens is 3. The number of nitrogens with zero attached hydrogens (tertiary/aromatic N) is 3. The maximum Gasteiger partial charge on any atom is 0.337 e. The van der Waals surface area contributed by atoms with E-state index in [2.05, 4.69) is 10.1 Å². The smallest absolute Gasteiger partial charge is 0.337 e. The van der Waals surface area contributed by atoms with Crippen molar-refractivity contribution >= 4 is 5.97 Å². The van der Waals surface area contributed by atoms with Gasteiger partial charge in [0.05, 0.1) is 11.3 Å². The molecule has 2 aromatic rings. The number of hydrogen-bond acceptors (Lipinski definition) is 3. The average molecular weight is 203 g/mol. The molecule has 5 heteroatoms. The first-order valence-corrected chi connectivity index (χ1v) is 4.36. The monoisotopic (exact) mass is 203 g/mol. The molecule has 0 unspecified atom stereocenters. The van der Waals surface area contributed by atoms with Crippen molar-refractivity contribution in [3.8, 4) is 11.4 Å². The number of pyridine rings is 1. The van der Waals surface area contributed by atoms with Gasteiger partial charge in [-0.25, -0.2) is 4.79 Å². The summed E-state index contributed by atoms with van der Waals surface area (Å²) < 4.78 is 1.67. The molecule has 0 spiro atoms. The van der Waals surface area contributed by atoms with Crippen LogP contribution in [0, 0.1) is 0 Å². The lowest BCUT2D eigenvalue weighted by Gasteiger charge is -1.96. The number of carboxylic acids is 1. The van der Waals surface area contributed by atoms with E-state index in [0.29, 0.717) is 5.69 Å². The van der Waals surface area contributed by atoms with Gasteiger partial charge in [0.2, 0.25) is 0 Å². The van der Waals surface area contributed by atoms with Crippen LogP contribution in [0.5, 0.6) is 0 Å². The van der Waals surface area contributed by atoms with Crippen LogP contribution in [0.2, 0.25) is 0 Å². The van der Waals surface area contributed by atoms with Crippen LogP contribution < -0.4 is 0 Å². The molecule has 0 amide bonds. The minimum absolute atomic E-state index is 0.176. The summed E-state index contributed by atoms with van der Waals surface area (Å²) in [6.45, 7) is 0. The van der Waals surface area contributed by atoms with Gasteiger partial charge in [0.1, 0.15) is 5.69 Å². The summed E-state index contributed by atoms with van der Waals surface area (Å²) in [6.07, 6.45) is 3.13. The van der Waals surface area contributed by atoms with Crippen LogP contribution in [0.3, 0.4) is 0 Å². The fraction of sp³-hybridized carbons (Fsp3) is 0.100. The summed E-state index contributed by atoms with van der Waals surface area (Å²) in [6, 6.07) is 4.98. The van der Waals surface area contributed by atoms with Crippen LogP contribution >= 0.6 is 0 Å². The van der Waals surface area contributed by atoms with Gasteiger partial charge in [-0.3, -0.25) is 9.67 Å². The third-order valence-corrected chi connectivity index (χ3v) is 1.99. The SMILES string of the molecule is Cn1ccc(-c2ccc(C(=O)O)cn2)n1. The molecule has 0 radical (unpaired) electrons. The Balaban J connectivity index is 2.35. The fourth-order valence-corrected chi connectivity index (χ4v) is 1.22. The van der Waals surface area contributed by atoms with Crippen LogP contribution in [-0.2, 0) is 7.05 Å². The lowest BCUT2D eigenvalue weighted by Crippen LogP contribution is -1.97. The van der Waals surface area contributed by atoms with E-state index in [1.165, 1.54) is 12.3 Å². The van der Waals surface area contributed by atoms with E-state index in [-0.39, 0.29) is 5.56 Å². The number of carbonyl (C=O) groups is 1. The van der Waals surface area contributed by atoms with E-state index >= 15 is 0 Å². The standard InChI is InChI=1S/C10H9N3O2/c1-13-5-4-9(12-13)8-3-2-7(6-11-8)10(14)15/h2-6H,1H3,(H,14,15). The maximum absolute atomic E-state index is 10.6. The van der Waals surface area contributed by atoms with E-state index in [1.54, 1.807) is 10.7 Å². The molecule has 15 heavy (non-hydrogen) atoms. The maximum atomic E-state index is 10.6. The molecule has 0 aliphatic rings. The summed E-state index contributed by atoms with van der Waals surface area (Å²) in [5.74, 6) is -0.977. The van der Waals surface area contributed by atoms with Crippen molar-refractivity contribution in [3.05, 3.63) is 36.2 Å². The van der Waals surface area contributed by atoms with Gasteiger partial charge in [0.25, 0.3) is 0 Å². The molecule has 0 aromatic carbocycles. The normalized spacial score (nSPS) is 10.2. The van der Waals surface area contributed by atoms with Gasteiger partial charge in [0.15, 0.2) is 0 Å². The molecule has 2 aromatic heterocycles. The second-order valence-electron chi connectivity index (χ2n) is 3.11. The highest BCUT2D eigenvalue weighted by molar-refractivity contribution is 5.87. The molecule has 0 bridgehead atoms. The Labute approximate surface area is 86.0 Å². The molecule has 2 rings (SSSR count). The zero-order chi connectivity index (χ0) is 10.8. The van der Waals surface area contributed by atoms with Crippen LogP contribution in [0.4, 0.5) is 0 Å². The van der Waals surface area contributed by atoms with Crippen LogP contribution in [0.25, 0.3) is 11.4 Å². The Kier molecular flexibility index (Phi) is 2.21. The van der Waals surface area contributed by atoms with Gasteiger partial charge >= 0.3 is 5.97 Å². The molecule has 1 N–H and O–H groups in total. The van der Waals surface area contributed by atoms with Crippen molar-refractivity contribution in [1.82, 2.24) is 14.8 Å². The molecule has 76 valence electrons. The quantitative estimate of drug-likeness (QED) is 0.795. The first-order valence-electron chi connectivity index (χ1n) is 4.36. The summed E-state index contributed by atoms with van der Waals surface area (Å²) in [7, 11) is 1.81. The minimum Gasteiger partial charge on any atom is -0.478 e. The van der Waals surface area contributed by atoms with E-state index in [9.17, 15) is 4.79 Å². The van der Waals surface area contributed by atoms with Crippen molar-refractivity contribution in [1.29, 1.82) is 0 Å². The topological polar surface area (TPSA) is 68.0 Å². The highest BCUT2D eigenvalue weighted by atomic mass is 16.4. The number of carboxylic acid groups (broad SMARTS) is 1. The van der Waals surface area contributed by atoms with E-state index in [0.717, 1.165) is 5.69 Å². The van der Waals surface area contributed by atoms with Gasteiger partial charge < -0.3 is 5.11 Å². The third kappa shape index (κ3) is 1.85. The summed E-state index contributed by atoms with van der Waals surface area (Å²) >= 11 is 0. The average Bonchev–Trinajstić information content (AvgIpc) is 2.65. The summed E-state index contributed by atoms with van der Waals surface area (Å²) in [5.41, 5.74) is 1.57. The van der Waals surface area contributed by atoms with Gasteiger partial charge in [-0.05, 0) is 18.2 Å². The zero-order valence-electron chi connectivity index (χ0n) is 8.08. The Morgan fingerprint density at radius 3 is 2.60 bits per heavy atom. The van der Waals surface area contributed by atoms with E-state index in [1.807, 2.05) is 19.3 Å². The van der Waals surface area contributed by atoms with E-state index < -0.39 is 5.97 Å². The van der Waals surface area contributed by atoms with Crippen molar-refractivity contribution in [2.24, 2.45) is 7.05 Å². The third-order valence-electron chi connectivity index (χ3n) is 1.99. The molecule has 0 fully saturated rings. The first kappa shape index (κ1) is 9.39. The first-order chi connectivity index (χ1) is 7.16. The number of aromatic carboxylic acids is 1. The highest BCUT2D eigenvalue weighted by Crippen LogP contribution is 2.13. The Morgan fingerprint density at radius 1 is 1.33 bits per heavy atom. The van der Waals surface area contributed by atoms with Gasteiger partial charge in [-0.1, -0.05) is 0 Å². The molecule has 0 atom stereocenters. The molecule has 5 nitrogen and oxygen atoms in total. The molecule has 0 saturated heterocycles. The molecular weight excluding hydrogens is 194 g/mol. The Bertz CT molecular complexity index is 488. The second-order valence-corrected chi connectivity index (χ2v) is 3.11. The van der Waals surface area contributed by atoms with Gasteiger partial charge in [-0.2, -0.15) is 5.10 Å². The molecule has 2 heterocycles. The minimum atomic E-state index is -0.977. The number of aryl methyl sites for hydroxylation is 1. The van der Waals surface area contributed by atoms with Crippen LogP contribution in [0.15, 0.2) is 30.6 Å².